The van der Waals surface area contributed by atoms with Crippen LogP contribution in [0.2, 0.25) is 5.02 Å². The van der Waals surface area contributed by atoms with Crippen molar-refractivity contribution in [3.8, 4) is 11.4 Å². The molecular formula is C23H27ClN4O2. The summed E-state index contributed by atoms with van der Waals surface area (Å²) in [5.41, 5.74) is 4.70. The van der Waals surface area contributed by atoms with E-state index in [2.05, 4.69) is 12.2 Å². The Labute approximate surface area is 182 Å². The Kier molecular flexibility index (Phi) is 6.80. The highest BCUT2D eigenvalue weighted by molar-refractivity contribution is 6.31. The summed E-state index contributed by atoms with van der Waals surface area (Å²) >= 11 is 6.07. The van der Waals surface area contributed by atoms with Gasteiger partial charge >= 0.3 is 0 Å². The molecule has 0 aliphatic heterocycles. The quantitative estimate of drug-likeness (QED) is 0.599. The molecule has 3 aromatic rings. The van der Waals surface area contributed by atoms with E-state index in [-0.39, 0.29) is 11.9 Å². The molecule has 1 amide bonds. The zero-order valence-electron chi connectivity index (χ0n) is 17.9. The zero-order valence-corrected chi connectivity index (χ0v) is 18.7. The Morgan fingerprint density at radius 3 is 2.60 bits per heavy atom. The van der Waals surface area contributed by atoms with E-state index in [9.17, 15) is 4.79 Å². The second kappa shape index (κ2) is 9.32. The van der Waals surface area contributed by atoms with Gasteiger partial charge in [-0.3, -0.25) is 9.69 Å². The number of rotatable bonds is 7. The third-order valence-corrected chi connectivity index (χ3v) is 5.54. The SMILES string of the molecule is COc1ccc(Cl)cc1NC(=O)[C@@H](C)N(C)Cc1c(C)nn(-c2ccccc2)c1C. The normalized spacial score (nSPS) is 12.1. The average Bonchev–Trinajstić information content (AvgIpc) is 3.02. The number of carbonyl (C=O) groups excluding carboxylic acids is 1. The van der Waals surface area contributed by atoms with Gasteiger partial charge in [-0.05, 0) is 58.2 Å². The number of para-hydroxylation sites is 1. The molecule has 0 aliphatic rings. The van der Waals surface area contributed by atoms with E-state index in [4.69, 9.17) is 21.4 Å². The number of carbonyl (C=O) groups is 1. The minimum Gasteiger partial charge on any atom is -0.495 e. The second-order valence-corrected chi connectivity index (χ2v) is 7.76. The second-order valence-electron chi connectivity index (χ2n) is 7.32. The lowest BCUT2D eigenvalue weighted by molar-refractivity contribution is -0.120. The van der Waals surface area contributed by atoms with Gasteiger partial charge in [0.1, 0.15) is 5.75 Å². The van der Waals surface area contributed by atoms with Crippen LogP contribution in [0.15, 0.2) is 48.5 Å². The van der Waals surface area contributed by atoms with Crippen LogP contribution in [0.5, 0.6) is 5.75 Å². The number of nitrogens with zero attached hydrogens (tertiary/aromatic N) is 3. The standard InChI is InChI=1S/C23H27ClN4O2/c1-15-20(16(2)28(26-15)19-9-7-6-8-10-19)14-27(4)17(3)23(29)25-21-13-18(24)11-12-22(21)30-5/h6-13,17H,14H2,1-5H3,(H,25,29)/t17-/m1/s1. The van der Waals surface area contributed by atoms with Crippen LogP contribution in [-0.2, 0) is 11.3 Å². The molecule has 6 nitrogen and oxygen atoms in total. The fourth-order valence-corrected chi connectivity index (χ4v) is 3.50. The van der Waals surface area contributed by atoms with Crippen LogP contribution in [0, 0.1) is 13.8 Å². The van der Waals surface area contributed by atoms with Gasteiger partial charge in [-0.2, -0.15) is 5.10 Å². The van der Waals surface area contributed by atoms with E-state index in [1.54, 1.807) is 25.3 Å². The Morgan fingerprint density at radius 2 is 1.93 bits per heavy atom. The molecule has 158 valence electrons. The largest absolute Gasteiger partial charge is 0.495 e. The smallest absolute Gasteiger partial charge is 0.241 e. The molecule has 0 saturated carbocycles. The molecule has 0 aliphatic carbocycles. The number of hydrogen-bond acceptors (Lipinski definition) is 4. The van der Waals surface area contributed by atoms with Gasteiger partial charge in [0.2, 0.25) is 5.91 Å². The van der Waals surface area contributed by atoms with Crippen molar-refractivity contribution in [1.29, 1.82) is 0 Å². The van der Waals surface area contributed by atoms with Crippen LogP contribution in [0.25, 0.3) is 5.69 Å². The number of aromatic nitrogens is 2. The molecule has 1 atom stereocenters. The van der Waals surface area contributed by atoms with E-state index in [1.807, 2.05) is 60.8 Å². The first-order valence-electron chi connectivity index (χ1n) is 9.77. The van der Waals surface area contributed by atoms with Gasteiger partial charge in [-0.1, -0.05) is 29.8 Å². The number of amides is 1. The van der Waals surface area contributed by atoms with Crippen LogP contribution < -0.4 is 10.1 Å². The first-order chi connectivity index (χ1) is 14.3. The van der Waals surface area contributed by atoms with Crippen molar-refractivity contribution >= 4 is 23.2 Å². The molecule has 0 radical (unpaired) electrons. The average molecular weight is 427 g/mol. The molecule has 0 unspecified atom stereocenters. The molecule has 1 heterocycles. The van der Waals surface area contributed by atoms with E-state index in [0.29, 0.717) is 23.0 Å². The van der Waals surface area contributed by atoms with Gasteiger partial charge < -0.3 is 10.1 Å². The molecule has 0 spiro atoms. The highest BCUT2D eigenvalue weighted by Gasteiger charge is 2.22. The maximum Gasteiger partial charge on any atom is 0.241 e. The van der Waals surface area contributed by atoms with Crippen LogP contribution in [0.3, 0.4) is 0 Å². The molecule has 1 aromatic heterocycles. The van der Waals surface area contributed by atoms with Gasteiger partial charge in [-0.15, -0.1) is 0 Å². The maximum absolute atomic E-state index is 12.8. The molecule has 3 rings (SSSR count). The third-order valence-electron chi connectivity index (χ3n) is 5.31. The van der Waals surface area contributed by atoms with E-state index in [1.165, 1.54) is 0 Å². The highest BCUT2D eigenvalue weighted by Crippen LogP contribution is 2.28. The van der Waals surface area contributed by atoms with E-state index < -0.39 is 0 Å². The number of anilines is 1. The Hall–Kier alpha value is -2.83. The Bertz CT molecular complexity index is 1030. The third kappa shape index (κ3) is 4.66. The summed E-state index contributed by atoms with van der Waals surface area (Å²) in [5, 5.41) is 8.15. The van der Waals surface area contributed by atoms with Crippen molar-refractivity contribution in [3.63, 3.8) is 0 Å². The predicted molar refractivity (Wildman–Crippen MR) is 121 cm³/mol. The monoisotopic (exact) mass is 426 g/mol. The summed E-state index contributed by atoms with van der Waals surface area (Å²) in [5.74, 6) is 0.433. The first-order valence-corrected chi connectivity index (χ1v) is 10.1. The molecule has 7 heteroatoms. The van der Waals surface area contributed by atoms with Crippen LogP contribution >= 0.6 is 11.6 Å². The van der Waals surface area contributed by atoms with Crippen molar-refractivity contribution in [2.75, 3.05) is 19.5 Å². The van der Waals surface area contributed by atoms with Crippen molar-refractivity contribution in [2.45, 2.75) is 33.4 Å². The molecule has 0 bridgehead atoms. The Balaban J connectivity index is 1.75. The molecule has 2 aromatic carbocycles. The molecule has 30 heavy (non-hydrogen) atoms. The van der Waals surface area contributed by atoms with Crippen LogP contribution in [0.4, 0.5) is 5.69 Å². The number of likely N-dealkylation sites (N-methyl/N-ethyl adjacent to an activating group) is 1. The summed E-state index contributed by atoms with van der Waals surface area (Å²) in [6.07, 6.45) is 0. The van der Waals surface area contributed by atoms with Crippen molar-refractivity contribution in [2.24, 2.45) is 0 Å². The van der Waals surface area contributed by atoms with Crippen LogP contribution in [-0.4, -0.2) is 40.8 Å². The van der Waals surface area contributed by atoms with Gasteiger partial charge in [0, 0.05) is 22.8 Å². The number of halogens is 1. The zero-order chi connectivity index (χ0) is 21.8. The number of aryl methyl sites for hydroxylation is 1. The molecular weight excluding hydrogens is 400 g/mol. The van der Waals surface area contributed by atoms with Gasteiger partial charge in [0.15, 0.2) is 0 Å². The maximum atomic E-state index is 12.8. The van der Waals surface area contributed by atoms with E-state index in [0.717, 1.165) is 22.6 Å². The summed E-state index contributed by atoms with van der Waals surface area (Å²) in [4.78, 5) is 14.8. The van der Waals surface area contributed by atoms with E-state index >= 15 is 0 Å². The van der Waals surface area contributed by atoms with Gasteiger partial charge in [0.25, 0.3) is 0 Å². The number of hydrogen-bond donors (Lipinski definition) is 1. The van der Waals surface area contributed by atoms with Crippen LogP contribution in [0.1, 0.15) is 23.9 Å². The lowest BCUT2D eigenvalue weighted by atomic mass is 10.1. The lowest BCUT2D eigenvalue weighted by Gasteiger charge is -2.24. The first kappa shape index (κ1) is 21.9. The van der Waals surface area contributed by atoms with Gasteiger partial charge in [-0.25, -0.2) is 4.68 Å². The Morgan fingerprint density at radius 1 is 1.23 bits per heavy atom. The predicted octanol–water partition coefficient (Wildman–Crippen LogP) is 4.61. The number of ether oxygens (including phenoxy) is 1. The fraction of sp³-hybridized carbons (Fsp3) is 0.304. The number of methoxy groups -OCH3 is 1. The summed E-state index contributed by atoms with van der Waals surface area (Å²) in [6.45, 7) is 6.53. The summed E-state index contributed by atoms with van der Waals surface area (Å²) < 4.78 is 7.26. The molecule has 1 N–H and O–H groups in total. The van der Waals surface area contributed by atoms with Crippen molar-refractivity contribution in [1.82, 2.24) is 14.7 Å². The highest BCUT2D eigenvalue weighted by atomic mass is 35.5. The topological polar surface area (TPSA) is 59.4 Å². The summed E-state index contributed by atoms with van der Waals surface area (Å²) in [6, 6.07) is 14.8. The number of benzene rings is 2. The summed E-state index contributed by atoms with van der Waals surface area (Å²) in [7, 11) is 3.49. The van der Waals surface area contributed by atoms with Crippen molar-refractivity contribution in [3.05, 3.63) is 70.5 Å². The minimum atomic E-state index is -0.368. The minimum absolute atomic E-state index is 0.135. The number of nitrogens with one attached hydrogen (secondary N) is 1. The lowest BCUT2D eigenvalue weighted by Crippen LogP contribution is -2.39. The van der Waals surface area contributed by atoms with Gasteiger partial charge in [0.05, 0.1) is 30.2 Å². The van der Waals surface area contributed by atoms with Crippen molar-refractivity contribution < 1.29 is 9.53 Å². The molecule has 0 fully saturated rings. The molecule has 0 saturated heterocycles. The fourth-order valence-electron chi connectivity index (χ4n) is 3.33.